The first-order chi connectivity index (χ1) is 11.6. The fourth-order valence-electron chi connectivity index (χ4n) is 3.00. The number of aryl methyl sites for hydroxylation is 2. The van der Waals surface area contributed by atoms with Gasteiger partial charge in [-0.25, -0.2) is 0 Å². The number of nitrogens with one attached hydrogen (secondary N) is 2. The molecule has 1 aliphatic rings. The fraction of sp³-hybridized carbons (Fsp3) is 0.300. The molecule has 0 aliphatic carbocycles. The molecule has 2 aromatic rings. The molecular formula is C20H22N2O2. The molecule has 1 heterocycles. The summed E-state index contributed by atoms with van der Waals surface area (Å²) in [6.45, 7) is 2.68. The van der Waals surface area contributed by atoms with Gasteiger partial charge in [-0.1, -0.05) is 42.0 Å². The van der Waals surface area contributed by atoms with E-state index in [1.165, 1.54) is 11.1 Å². The summed E-state index contributed by atoms with van der Waals surface area (Å²) in [6.07, 6.45) is 2.50. The highest BCUT2D eigenvalue weighted by Gasteiger charge is 2.17. The van der Waals surface area contributed by atoms with Gasteiger partial charge in [-0.05, 0) is 42.5 Å². The van der Waals surface area contributed by atoms with Crippen molar-refractivity contribution in [3.8, 4) is 0 Å². The number of rotatable bonds is 6. The van der Waals surface area contributed by atoms with Gasteiger partial charge in [0.05, 0.1) is 6.42 Å². The van der Waals surface area contributed by atoms with Gasteiger partial charge in [0.15, 0.2) is 0 Å². The molecule has 3 rings (SSSR count). The largest absolute Gasteiger partial charge is 0.356 e. The summed E-state index contributed by atoms with van der Waals surface area (Å²) in [5.41, 5.74) is 5.51. The number of carbonyl (C=O) groups excluding carboxylic acids is 2. The van der Waals surface area contributed by atoms with Crippen LogP contribution in [0.15, 0.2) is 42.5 Å². The van der Waals surface area contributed by atoms with Crippen molar-refractivity contribution < 1.29 is 9.59 Å². The number of benzene rings is 2. The van der Waals surface area contributed by atoms with Gasteiger partial charge in [0.2, 0.25) is 11.8 Å². The molecule has 0 fully saturated rings. The third-order valence-corrected chi connectivity index (χ3v) is 4.25. The molecule has 2 aromatic carbocycles. The first-order valence-electron chi connectivity index (χ1n) is 8.34. The van der Waals surface area contributed by atoms with Crippen LogP contribution in [0.2, 0.25) is 0 Å². The van der Waals surface area contributed by atoms with Crippen molar-refractivity contribution in [3.63, 3.8) is 0 Å². The summed E-state index contributed by atoms with van der Waals surface area (Å²) >= 11 is 0. The van der Waals surface area contributed by atoms with Crippen LogP contribution in [0.4, 0.5) is 5.69 Å². The molecule has 1 aliphatic heterocycles. The first kappa shape index (κ1) is 16.2. The number of fused-ring (bicyclic) bond motifs is 1. The molecule has 0 spiro atoms. The monoisotopic (exact) mass is 322 g/mol. The van der Waals surface area contributed by atoms with Gasteiger partial charge in [-0.3, -0.25) is 9.59 Å². The van der Waals surface area contributed by atoms with E-state index in [9.17, 15) is 9.59 Å². The second-order valence-corrected chi connectivity index (χ2v) is 6.31. The van der Waals surface area contributed by atoms with Crippen LogP contribution in [-0.4, -0.2) is 18.4 Å². The molecule has 0 unspecified atom stereocenters. The number of carbonyl (C=O) groups is 2. The fourth-order valence-corrected chi connectivity index (χ4v) is 3.00. The summed E-state index contributed by atoms with van der Waals surface area (Å²) in [5.74, 6) is 0.126. The standard InChI is InChI=1S/C20H22N2O2/c1-14-3-2-4-15(11-14)6-8-19(23)21-10-9-16-5-7-18-17(12-16)13-20(24)22-18/h2-5,7,11-12H,6,8-10,13H2,1H3,(H,21,23)(H,22,24). The molecule has 0 aromatic heterocycles. The van der Waals surface area contributed by atoms with Crippen LogP contribution in [0.1, 0.15) is 28.7 Å². The number of anilines is 1. The van der Waals surface area contributed by atoms with Crippen LogP contribution >= 0.6 is 0 Å². The normalized spacial score (nSPS) is 12.6. The number of amides is 2. The molecule has 2 amide bonds. The summed E-state index contributed by atoms with van der Waals surface area (Å²) < 4.78 is 0. The SMILES string of the molecule is Cc1cccc(CCC(=O)NCCc2ccc3c(c2)CC(=O)N3)c1. The topological polar surface area (TPSA) is 58.2 Å². The van der Waals surface area contributed by atoms with E-state index in [1.807, 2.05) is 24.3 Å². The van der Waals surface area contributed by atoms with Crippen molar-refractivity contribution in [2.45, 2.75) is 32.6 Å². The third-order valence-electron chi connectivity index (χ3n) is 4.25. The summed E-state index contributed by atoms with van der Waals surface area (Å²) in [6, 6.07) is 14.2. The maximum atomic E-state index is 12.0. The molecular weight excluding hydrogens is 300 g/mol. The average Bonchev–Trinajstić information content (AvgIpc) is 2.92. The minimum atomic E-state index is 0.0478. The summed E-state index contributed by atoms with van der Waals surface area (Å²) in [4.78, 5) is 23.3. The van der Waals surface area contributed by atoms with Crippen molar-refractivity contribution in [1.82, 2.24) is 5.32 Å². The lowest BCUT2D eigenvalue weighted by atomic mass is 10.1. The van der Waals surface area contributed by atoms with E-state index < -0.39 is 0 Å². The maximum absolute atomic E-state index is 12.0. The Morgan fingerprint density at radius 1 is 1.12 bits per heavy atom. The van der Waals surface area contributed by atoms with Crippen LogP contribution in [-0.2, 0) is 28.9 Å². The maximum Gasteiger partial charge on any atom is 0.228 e. The van der Waals surface area contributed by atoms with Gasteiger partial charge in [-0.2, -0.15) is 0 Å². The lowest BCUT2D eigenvalue weighted by Crippen LogP contribution is -2.25. The van der Waals surface area contributed by atoms with Gasteiger partial charge in [-0.15, -0.1) is 0 Å². The Morgan fingerprint density at radius 2 is 1.96 bits per heavy atom. The minimum Gasteiger partial charge on any atom is -0.356 e. The van der Waals surface area contributed by atoms with E-state index in [-0.39, 0.29) is 11.8 Å². The van der Waals surface area contributed by atoms with Crippen molar-refractivity contribution in [2.75, 3.05) is 11.9 Å². The van der Waals surface area contributed by atoms with Crippen molar-refractivity contribution >= 4 is 17.5 Å². The Balaban J connectivity index is 1.42. The van der Waals surface area contributed by atoms with E-state index in [1.54, 1.807) is 0 Å². The van der Waals surface area contributed by atoms with Crippen molar-refractivity contribution in [2.24, 2.45) is 0 Å². The smallest absolute Gasteiger partial charge is 0.228 e. The second kappa shape index (κ2) is 7.30. The Bertz CT molecular complexity index is 768. The predicted octanol–water partition coefficient (Wildman–Crippen LogP) is 2.78. The van der Waals surface area contributed by atoms with Crippen LogP contribution in [0, 0.1) is 6.92 Å². The van der Waals surface area contributed by atoms with Gasteiger partial charge in [0.1, 0.15) is 0 Å². The highest BCUT2D eigenvalue weighted by molar-refractivity contribution is 5.99. The first-order valence-corrected chi connectivity index (χ1v) is 8.34. The third kappa shape index (κ3) is 4.22. The zero-order chi connectivity index (χ0) is 16.9. The van der Waals surface area contributed by atoms with Gasteiger partial charge >= 0.3 is 0 Å². The quantitative estimate of drug-likeness (QED) is 0.859. The molecule has 24 heavy (non-hydrogen) atoms. The summed E-state index contributed by atoms with van der Waals surface area (Å²) in [5, 5.41) is 5.80. The minimum absolute atomic E-state index is 0.0478. The lowest BCUT2D eigenvalue weighted by Gasteiger charge is -2.07. The summed E-state index contributed by atoms with van der Waals surface area (Å²) in [7, 11) is 0. The molecule has 2 N–H and O–H groups in total. The highest BCUT2D eigenvalue weighted by Crippen LogP contribution is 2.23. The van der Waals surface area contributed by atoms with Crippen LogP contribution in [0.3, 0.4) is 0 Å². The zero-order valence-electron chi connectivity index (χ0n) is 13.9. The molecule has 4 heteroatoms. The second-order valence-electron chi connectivity index (χ2n) is 6.31. The molecule has 0 atom stereocenters. The molecule has 124 valence electrons. The Kier molecular flexibility index (Phi) is 4.94. The molecule has 0 saturated carbocycles. The number of hydrogen-bond donors (Lipinski definition) is 2. The van der Waals surface area contributed by atoms with Crippen LogP contribution in [0.25, 0.3) is 0 Å². The molecule has 0 saturated heterocycles. The van der Waals surface area contributed by atoms with Gasteiger partial charge in [0.25, 0.3) is 0 Å². The van der Waals surface area contributed by atoms with E-state index in [0.29, 0.717) is 19.4 Å². The van der Waals surface area contributed by atoms with Crippen LogP contribution < -0.4 is 10.6 Å². The van der Waals surface area contributed by atoms with E-state index >= 15 is 0 Å². The molecule has 0 bridgehead atoms. The van der Waals surface area contributed by atoms with Gasteiger partial charge in [0, 0.05) is 18.7 Å². The average molecular weight is 322 g/mol. The van der Waals surface area contributed by atoms with E-state index in [2.05, 4.69) is 35.8 Å². The lowest BCUT2D eigenvalue weighted by molar-refractivity contribution is -0.121. The predicted molar refractivity (Wildman–Crippen MR) is 95.0 cm³/mol. The van der Waals surface area contributed by atoms with Crippen molar-refractivity contribution in [3.05, 3.63) is 64.7 Å². The highest BCUT2D eigenvalue weighted by atomic mass is 16.2. The van der Waals surface area contributed by atoms with Crippen LogP contribution in [0.5, 0.6) is 0 Å². The molecule has 0 radical (unpaired) electrons. The van der Waals surface area contributed by atoms with Crippen molar-refractivity contribution in [1.29, 1.82) is 0 Å². The van der Waals surface area contributed by atoms with E-state index in [4.69, 9.17) is 0 Å². The zero-order valence-corrected chi connectivity index (χ0v) is 13.9. The Morgan fingerprint density at radius 3 is 2.79 bits per heavy atom. The Labute approximate surface area is 142 Å². The Hall–Kier alpha value is -2.62. The molecule has 4 nitrogen and oxygen atoms in total. The van der Waals surface area contributed by atoms with E-state index in [0.717, 1.165) is 29.7 Å². The van der Waals surface area contributed by atoms with Gasteiger partial charge < -0.3 is 10.6 Å². The number of hydrogen-bond acceptors (Lipinski definition) is 2.